The number of sulfone groups is 1. The number of hydrogen-bond acceptors (Lipinski definition) is 3. The lowest BCUT2D eigenvalue weighted by Crippen LogP contribution is -2.36. The molecule has 1 aliphatic carbocycles. The molecule has 1 saturated carbocycles. The number of aliphatic hydroxyl groups is 1. The van der Waals surface area contributed by atoms with Crippen molar-refractivity contribution >= 4 is 9.84 Å². The van der Waals surface area contributed by atoms with E-state index in [0.717, 1.165) is 25.0 Å². The minimum atomic E-state index is -3.54. The molecule has 94 valence electrons. The lowest BCUT2D eigenvalue weighted by Gasteiger charge is -2.27. The number of halogens is 1. The van der Waals surface area contributed by atoms with Crippen molar-refractivity contribution in [3.63, 3.8) is 0 Å². The minimum absolute atomic E-state index is 0.0878. The van der Waals surface area contributed by atoms with Gasteiger partial charge in [0.1, 0.15) is 5.82 Å². The Morgan fingerprint density at radius 2 is 1.71 bits per heavy atom. The Labute approximate surface area is 100 Å². The molecule has 1 aromatic rings. The van der Waals surface area contributed by atoms with Crippen LogP contribution in [0.2, 0.25) is 0 Å². The largest absolute Gasteiger partial charge is 0.392 e. The lowest BCUT2D eigenvalue weighted by molar-refractivity contribution is 0.133. The van der Waals surface area contributed by atoms with E-state index in [0.29, 0.717) is 12.8 Å². The van der Waals surface area contributed by atoms with E-state index < -0.39 is 27.0 Å². The summed E-state index contributed by atoms with van der Waals surface area (Å²) in [6, 6.07) is 4.77. The zero-order chi connectivity index (χ0) is 12.5. The first kappa shape index (κ1) is 12.5. The topological polar surface area (TPSA) is 54.4 Å². The van der Waals surface area contributed by atoms with Gasteiger partial charge in [-0.05, 0) is 37.1 Å². The molecule has 0 aromatic heterocycles. The van der Waals surface area contributed by atoms with E-state index in [4.69, 9.17) is 0 Å². The van der Waals surface area contributed by atoms with Gasteiger partial charge in [-0.15, -0.1) is 0 Å². The summed E-state index contributed by atoms with van der Waals surface area (Å²) in [6.07, 6.45) is 1.85. The predicted octanol–water partition coefficient (Wildman–Crippen LogP) is 1.90. The van der Waals surface area contributed by atoms with Gasteiger partial charge in [0.05, 0.1) is 16.2 Å². The maximum absolute atomic E-state index is 12.7. The standard InChI is InChI=1S/C12H15FO3S/c13-9-5-7-10(8-6-9)17(15,16)12-4-2-1-3-11(12)14/h5-8,11-12,14H,1-4H2. The molecule has 0 spiro atoms. The van der Waals surface area contributed by atoms with E-state index in [1.807, 2.05) is 0 Å². The van der Waals surface area contributed by atoms with Crippen LogP contribution in [0, 0.1) is 5.82 Å². The van der Waals surface area contributed by atoms with Crippen molar-refractivity contribution in [3.05, 3.63) is 30.1 Å². The second-order valence-corrected chi connectivity index (χ2v) is 6.56. The summed E-state index contributed by atoms with van der Waals surface area (Å²) >= 11 is 0. The van der Waals surface area contributed by atoms with Crippen LogP contribution in [0.4, 0.5) is 4.39 Å². The fraction of sp³-hybridized carbons (Fsp3) is 0.500. The van der Waals surface area contributed by atoms with E-state index in [2.05, 4.69) is 0 Å². The molecule has 0 amide bonds. The van der Waals surface area contributed by atoms with Gasteiger partial charge in [-0.25, -0.2) is 12.8 Å². The molecule has 0 radical (unpaired) electrons. The van der Waals surface area contributed by atoms with Gasteiger partial charge in [-0.1, -0.05) is 12.8 Å². The van der Waals surface area contributed by atoms with Crippen LogP contribution in [0.3, 0.4) is 0 Å². The summed E-state index contributed by atoms with van der Waals surface area (Å²) in [4.78, 5) is 0.0878. The highest BCUT2D eigenvalue weighted by molar-refractivity contribution is 7.92. The monoisotopic (exact) mass is 258 g/mol. The van der Waals surface area contributed by atoms with Gasteiger partial charge in [0, 0.05) is 0 Å². The molecule has 1 N–H and O–H groups in total. The molecule has 3 nitrogen and oxygen atoms in total. The van der Waals surface area contributed by atoms with Gasteiger partial charge in [-0.2, -0.15) is 0 Å². The fourth-order valence-electron chi connectivity index (χ4n) is 2.24. The third kappa shape index (κ3) is 2.50. The number of hydrogen-bond donors (Lipinski definition) is 1. The molecule has 0 heterocycles. The third-order valence-electron chi connectivity index (χ3n) is 3.21. The Bertz CT molecular complexity index is 481. The van der Waals surface area contributed by atoms with Crippen molar-refractivity contribution in [1.29, 1.82) is 0 Å². The van der Waals surface area contributed by atoms with Gasteiger partial charge in [-0.3, -0.25) is 0 Å². The van der Waals surface area contributed by atoms with Crippen molar-refractivity contribution in [3.8, 4) is 0 Å². The molecule has 2 rings (SSSR count). The van der Waals surface area contributed by atoms with E-state index in [-0.39, 0.29) is 4.90 Å². The molecular weight excluding hydrogens is 243 g/mol. The summed E-state index contributed by atoms with van der Waals surface area (Å²) in [5.74, 6) is -0.465. The third-order valence-corrected chi connectivity index (χ3v) is 5.48. The molecular formula is C12H15FO3S. The Balaban J connectivity index is 2.32. The summed E-state index contributed by atoms with van der Waals surface area (Å²) in [6.45, 7) is 0. The quantitative estimate of drug-likeness (QED) is 0.824. The highest BCUT2D eigenvalue weighted by Crippen LogP contribution is 2.28. The summed E-state index contributed by atoms with van der Waals surface area (Å²) in [7, 11) is -3.54. The molecule has 0 bridgehead atoms. The van der Waals surface area contributed by atoms with Crippen LogP contribution in [-0.4, -0.2) is 24.9 Å². The Morgan fingerprint density at radius 1 is 1.12 bits per heavy atom. The molecule has 5 heteroatoms. The van der Waals surface area contributed by atoms with Crippen LogP contribution in [0.1, 0.15) is 25.7 Å². The van der Waals surface area contributed by atoms with E-state index >= 15 is 0 Å². The Morgan fingerprint density at radius 3 is 2.29 bits per heavy atom. The highest BCUT2D eigenvalue weighted by atomic mass is 32.2. The predicted molar refractivity (Wildman–Crippen MR) is 61.8 cm³/mol. The van der Waals surface area contributed by atoms with Crippen molar-refractivity contribution in [2.45, 2.75) is 41.9 Å². The SMILES string of the molecule is O=S(=O)(c1ccc(F)cc1)C1CCCCC1O. The first-order chi connectivity index (χ1) is 8.01. The number of benzene rings is 1. The molecule has 1 aliphatic rings. The van der Waals surface area contributed by atoms with Crippen molar-refractivity contribution in [2.24, 2.45) is 0 Å². The second kappa shape index (κ2) is 4.74. The zero-order valence-electron chi connectivity index (χ0n) is 9.34. The first-order valence-corrected chi connectivity index (χ1v) is 7.24. The van der Waals surface area contributed by atoms with Gasteiger partial charge < -0.3 is 5.11 Å². The van der Waals surface area contributed by atoms with Crippen LogP contribution in [-0.2, 0) is 9.84 Å². The molecule has 0 saturated heterocycles. The van der Waals surface area contributed by atoms with Crippen LogP contribution in [0.15, 0.2) is 29.2 Å². The van der Waals surface area contributed by atoms with Crippen molar-refractivity contribution < 1.29 is 17.9 Å². The van der Waals surface area contributed by atoms with Crippen molar-refractivity contribution in [2.75, 3.05) is 0 Å². The molecule has 2 unspecified atom stereocenters. The van der Waals surface area contributed by atoms with Gasteiger partial charge in [0.15, 0.2) is 9.84 Å². The normalized spacial score (nSPS) is 25.8. The average Bonchev–Trinajstić information content (AvgIpc) is 2.30. The van der Waals surface area contributed by atoms with Crippen LogP contribution >= 0.6 is 0 Å². The number of rotatable bonds is 2. The summed E-state index contributed by atoms with van der Waals surface area (Å²) in [5.41, 5.74) is 0. The maximum Gasteiger partial charge on any atom is 0.183 e. The smallest absolute Gasteiger partial charge is 0.183 e. The maximum atomic E-state index is 12.7. The Hall–Kier alpha value is -0.940. The summed E-state index contributed by atoms with van der Waals surface area (Å²) in [5, 5.41) is 9.02. The Kier molecular flexibility index (Phi) is 3.49. The van der Waals surface area contributed by atoms with Crippen LogP contribution in [0.25, 0.3) is 0 Å². The van der Waals surface area contributed by atoms with Gasteiger partial charge in [0.2, 0.25) is 0 Å². The minimum Gasteiger partial charge on any atom is -0.392 e. The lowest BCUT2D eigenvalue weighted by atomic mass is 9.97. The fourth-order valence-corrected chi connectivity index (χ4v) is 4.13. The molecule has 0 aliphatic heterocycles. The van der Waals surface area contributed by atoms with Gasteiger partial charge >= 0.3 is 0 Å². The highest BCUT2D eigenvalue weighted by Gasteiger charge is 2.35. The van der Waals surface area contributed by atoms with E-state index in [9.17, 15) is 17.9 Å². The number of aliphatic hydroxyl groups excluding tert-OH is 1. The molecule has 2 atom stereocenters. The molecule has 17 heavy (non-hydrogen) atoms. The van der Waals surface area contributed by atoms with E-state index in [1.165, 1.54) is 12.1 Å². The molecule has 1 aromatic carbocycles. The zero-order valence-corrected chi connectivity index (χ0v) is 10.2. The first-order valence-electron chi connectivity index (χ1n) is 5.69. The van der Waals surface area contributed by atoms with Crippen molar-refractivity contribution in [1.82, 2.24) is 0 Å². The van der Waals surface area contributed by atoms with Crippen LogP contribution in [0.5, 0.6) is 0 Å². The second-order valence-electron chi connectivity index (χ2n) is 4.39. The van der Waals surface area contributed by atoms with Gasteiger partial charge in [0.25, 0.3) is 0 Å². The van der Waals surface area contributed by atoms with E-state index in [1.54, 1.807) is 0 Å². The summed E-state index contributed by atoms with van der Waals surface area (Å²) < 4.78 is 37.2. The average molecular weight is 258 g/mol. The van der Waals surface area contributed by atoms with Crippen LogP contribution < -0.4 is 0 Å². The molecule has 1 fully saturated rings.